The van der Waals surface area contributed by atoms with E-state index in [2.05, 4.69) is 10.1 Å². The molecule has 0 fully saturated rings. The highest BCUT2D eigenvalue weighted by Gasteiger charge is 2.23. The van der Waals surface area contributed by atoms with Gasteiger partial charge in [-0.05, 0) is 42.0 Å². The molecule has 4 aromatic rings. The van der Waals surface area contributed by atoms with Crippen molar-refractivity contribution in [3.05, 3.63) is 83.7 Å². The van der Waals surface area contributed by atoms with Crippen LogP contribution in [0.25, 0.3) is 10.2 Å². The Bertz CT molecular complexity index is 1290. The molecule has 8 heteroatoms. The van der Waals surface area contributed by atoms with Gasteiger partial charge in [0, 0.05) is 5.56 Å². The Morgan fingerprint density at radius 2 is 1.84 bits per heavy atom. The van der Waals surface area contributed by atoms with Crippen LogP contribution in [0.5, 0.6) is 11.5 Å². The van der Waals surface area contributed by atoms with Crippen LogP contribution in [0, 0.1) is 5.82 Å². The number of hydrogen-bond donors (Lipinski definition) is 0. The van der Waals surface area contributed by atoms with Gasteiger partial charge in [0.05, 0.1) is 16.4 Å². The normalized spacial score (nSPS) is 12.9. The van der Waals surface area contributed by atoms with Gasteiger partial charge in [0.15, 0.2) is 11.5 Å². The highest BCUT2D eigenvalue weighted by molar-refractivity contribution is 7.22. The van der Waals surface area contributed by atoms with E-state index in [9.17, 15) is 9.18 Å². The fraction of sp³-hybridized carbons (Fsp3) is 0.0870. The van der Waals surface area contributed by atoms with Crippen molar-refractivity contribution in [2.45, 2.75) is 0 Å². The Kier molecular flexibility index (Phi) is 5.05. The summed E-state index contributed by atoms with van der Waals surface area (Å²) in [6.07, 6.45) is 1.59. The van der Waals surface area contributed by atoms with Crippen LogP contribution in [0.2, 0.25) is 0 Å². The zero-order valence-corrected chi connectivity index (χ0v) is 17.0. The van der Waals surface area contributed by atoms with Crippen LogP contribution >= 0.6 is 11.3 Å². The molecule has 0 saturated carbocycles. The monoisotopic (exact) mass is 433 g/mol. The quantitative estimate of drug-likeness (QED) is 0.340. The largest absolute Gasteiger partial charge is 0.486 e. The van der Waals surface area contributed by atoms with Gasteiger partial charge in [0.1, 0.15) is 19.0 Å². The summed E-state index contributed by atoms with van der Waals surface area (Å²) in [5.74, 6) is 0.358. The smallest absolute Gasteiger partial charge is 0.280 e. The van der Waals surface area contributed by atoms with Gasteiger partial charge in [-0.15, -0.1) is 0 Å². The molecule has 1 aliphatic rings. The second-order valence-electron chi connectivity index (χ2n) is 6.74. The summed E-state index contributed by atoms with van der Waals surface area (Å²) in [6, 6.07) is 18.7. The summed E-state index contributed by atoms with van der Waals surface area (Å²) < 4.78 is 25.4. The van der Waals surface area contributed by atoms with Gasteiger partial charge in [-0.3, -0.25) is 4.79 Å². The average molecular weight is 433 g/mol. The number of rotatable bonds is 4. The first kappa shape index (κ1) is 19.2. The highest BCUT2D eigenvalue weighted by atomic mass is 32.1. The summed E-state index contributed by atoms with van der Waals surface area (Å²) in [5, 5.41) is 5.97. The lowest BCUT2D eigenvalue weighted by Crippen LogP contribution is -2.26. The van der Waals surface area contributed by atoms with E-state index in [4.69, 9.17) is 9.47 Å². The van der Waals surface area contributed by atoms with Crippen LogP contribution in [-0.2, 0) is 0 Å². The Morgan fingerprint density at radius 1 is 1.03 bits per heavy atom. The predicted molar refractivity (Wildman–Crippen MR) is 118 cm³/mol. The minimum Gasteiger partial charge on any atom is -0.486 e. The lowest BCUT2D eigenvalue weighted by atomic mass is 10.2. The third-order valence-electron chi connectivity index (χ3n) is 4.62. The van der Waals surface area contributed by atoms with Crippen molar-refractivity contribution in [2.24, 2.45) is 5.10 Å². The molecule has 3 aromatic carbocycles. The average Bonchev–Trinajstić information content (AvgIpc) is 3.22. The predicted octanol–water partition coefficient (Wildman–Crippen LogP) is 4.89. The summed E-state index contributed by atoms with van der Waals surface area (Å²) in [7, 11) is 0. The molecule has 0 aliphatic carbocycles. The zero-order valence-electron chi connectivity index (χ0n) is 16.2. The number of benzene rings is 3. The molecule has 5 rings (SSSR count). The maximum absolute atomic E-state index is 13.6. The van der Waals surface area contributed by atoms with Crippen LogP contribution in [-0.4, -0.2) is 30.3 Å². The number of ether oxygens (including phenoxy) is 2. The van der Waals surface area contributed by atoms with Gasteiger partial charge in [-0.2, -0.15) is 10.1 Å². The molecule has 2 heterocycles. The number of thiazole rings is 1. The fourth-order valence-electron chi connectivity index (χ4n) is 3.13. The van der Waals surface area contributed by atoms with Gasteiger partial charge in [0.25, 0.3) is 5.91 Å². The molecule has 0 saturated heterocycles. The SMILES string of the molecule is O=C(c1ccc2c(c1)OCCO2)N(/N=C/c1ccccc1)c1nc2ccc(F)cc2s1. The van der Waals surface area contributed by atoms with Crippen LogP contribution in [0.15, 0.2) is 71.8 Å². The van der Waals surface area contributed by atoms with Crippen molar-refractivity contribution in [3.63, 3.8) is 0 Å². The minimum absolute atomic E-state index is 0.340. The molecule has 6 nitrogen and oxygen atoms in total. The summed E-state index contributed by atoms with van der Waals surface area (Å²) >= 11 is 1.19. The molecule has 0 atom stereocenters. The number of hydrogen-bond acceptors (Lipinski definition) is 6. The third-order valence-corrected chi connectivity index (χ3v) is 5.62. The van der Waals surface area contributed by atoms with Gasteiger partial charge in [-0.1, -0.05) is 41.7 Å². The Labute approximate surface area is 181 Å². The molecular weight excluding hydrogens is 417 g/mol. The van der Waals surface area contributed by atoms with Crippen LogP contribution in [0.1, 0.15) is 15.9 Å². The summed E-state index contributed by atoms with van der Waals surface area (Å²) in [6.45, 7) is 0.889. The second kappa shape index (κ2) is 8.16. The van der Waals surface area contributed by atoms with E-state index in [1.165, 1.54) is 28.5 Å². The number of carbonyl (C=O) groups excluding carboxylic acids is 1. The van der Waals surface area contributed by atoms with E-state index >= 15 is 0 Å². The molecule has 31 heavy (non-hydrogen) atoms. The highest BCUT2D eigenvalue weighted by Crippen LogP contribution is 2.34. The molecule has 0 spiro atoms. The standard InChI is InChI=1S/C23H16FN3O3S/c24-17-7-8-18-21(13-17)31-23(26-18)27(25-14-15-4-2-1-3-5-15)22(28)16-6-9-19-20(12-16)30-11-10-29-19/h1-9,12-14H,10-11H2/b25-14+. The van der Waals surface area contributed by atoms with E-state index < -0.39 is 0 Å². The first-order chi connectivity index (χ1) is 15.2. The molecule has 154 valence electrons. The number of aromatic nitrogens is 1. The Balaban J connectivity index is 1.55. The van der Waals surface area contributed by atoms with Crippen molar-refractivity contribution in [1.29, 1.82) is 0 Å². The van der Waals surface area contributed by atoms with E-state index in [1.54, 1.807) is 30.5 Å². The molecule has 0 bridgehead atoms. The van der Waals surface area contributed by atoms with Crippen molar-refractivity contribution < 1.29 is 18.7 Å². The van der Waals surface area contributed by atoms with E-state index in [0.29, 0.717) is 45.6 Å². The number of anilines is 1. The summed E-state index contributed by atoms with van der Waals surface area (Å²) in [4.78, 5) is 17.9. The molecule has 0 unspecified atom stereocenters. The number of amides is 1. The van der Waals surface area contributed by atoms with Crippen LogP contribution in [0.3, 0.4) is 0 Å². The van der Waals surface area contributed by atoms with Gasteiger partial charge >= 0.3 is 0 Å². The van der Waals surface area contributed by atoms with Crippen molar-refractivity contribution in [1.82, 2.24) is 4.98 Å². The molecular formula is C23H16FN3O3S. The first-order valence-corrected chi connectivity index (χ1v) is 10.4. The van der Waals surface area contributed by atoms with Gasteiger partial charge < -0.3 is 9.47 Å². The fourth-order valence-corrected chi connectivity index (χ4v) is 4.07. The Morgan fingerprint density at radius 3 is 2.68 bits per heavy atom. The van der Waals surface area contributed by atoms with E-state index in [-0.39, 0.29) is 11.7 Å². The Hall–Kier alpha value is -3.78. The second-order valence-corrected chi connectivity index (χ2v) is 7.75. The first-order valence-electron chi connectivity index (χ1n) is 9.57. The molecule has 1 aromatic heterocycles. The van der Waals surface area contributed by atoms with E-state index in [1.807, 2.05) is 30.3 Å². The topological polar surface area (TPSA) is 64.0 Å². The number of fused-ring (bicyclic) bond motifs is 2. The number of halogens is 1. The molecule has 1 amide bonds. The maximum Gasteiger partial charge on any atom is 0.280 e. The van der Waals surface area contributed by atoms with Crippen LogP contribution < -0.4 is 14.5 Å². The molecule has 0 radical (unpaired) electrons. The maximum atomic E-state index is 13.6. The van der Waals surface area contributed by atoms with E-state index in [0.717, 1.165) is 5.56 Å². The lowest BCUT2D eigenvalue weighted by Gasteiger charge is -2.19. The zero-order chi connectivity index (χ0) is 21.2. The van der Waals surface area contributed by atoms with Crippen LogP contribution in [0.4, 0.5) is 9.52 Å². The minimum atomic E-state index is -0.385. The van der Waals surface area contributed by atoms with Crippen molar-refractivity contribution in [2.75, 3.05) is 18.2 Å². The van der Waals surface area contributed by atoms with Crippen molar-refractivity contribution in [3.8, 4) is 11.5 Å². The summed E-state index contributed by atoms with van der Waals surface area (Å²) in [5.41, 5.74) is 1.80. The molecule has 0 N–H and O–H groups in total. The van der Waals surface area contributed by atoms with Crippen molar-refractivity contribution >= 4 is 38.8 Å². The number of carbonyl (C=O) groups is 1. The molecule has 1 aliphatic heterocycles. The lowest BCUT2D eigenvalue weighted by molar-refractivity contribution is 0.0986. The third kappa shape index (κ3) is 3.97. The van der Waals surface area contributed by atoms with Gasteiger partial charge in [-0.25, -0.2) is 9.37 Å². The number of hydrazone groups is 1. The van der Waals surface area contributed by atoms with Gasteiger partial charge in [0.2, 0.25) is 5.13 Å². The number of nitrogens with zero attached hydrogens (tertiary/aromatic N) is 3.